The van der Waals surface area contributed by atoms with Crippen molar-refractivity contribution in [2.75, 3.05) is 6.61 Å². The average molecular weight is 376 g/mol. The highest BCUT2D eigenvalue weighted by atomic mass is 16.5. The smallest absolute Gasteiger partial charge is 0.255 e. The predicted molar refractivity (Wildman–Crippen MR) is 98.1 cm³/mol. The van der Waals surface area contributed by atoms with Crippen LogP contribution in [-0.4, -0.2) is 41.9 Å². The molecule has 0 spiro atoms. The van der Waals surface area contributed by atoms with Crippen molar-refractivity contribution in [3.8, 4) is 0 Å². The topological polar surface area (TPSA) is 97.6 Å². The van der Waals surface area contributed by atoms with Crippen LogP contribution >= 0.6 is 0 Å². The van der Waals surface area contributed by atoms with Crippen molar-refractivity contribution in [2.45, 2.75) is 70.1 Å². The molecule has 1 saturated heterocycles. The Bertz CT molecular complexity index is 681. The Kier molecular flexibility index (Phi) is 5.99. The zero-order valence-electron chi connectivity index (χ0n) is 16.0. The van der Waals surface area contributed by atoms with Crippen LogP contribution in [0.3, 0.4) is 0 Å². The van der Waals surface area contributed by atoms with Gasteiger partial charge in [-0.1, -0.05) is 32.1 Å². The highest BCUT2D eigenvalue weighted by Gasteiger charge is 2.47. The van der Waals surface area contributed by atoms with E-state index in [4.69, 9.17) is 9.15 Å². The minimum atomic E-state index is -1.07. The molecule has 2 N–H and O–H groups in total. The summed E-state index contributed by atoms with van der Waals surface area (Å²) in [5.74, 6) is -0.460. The first-order valence-corrected chi connectivity index (χ1v) is 9.70. The molecule has 1 aromatic rings. The number of Topliss-reactive ketones (excluding diaryl/α,β-unsaturated/α-hetero) is 1. The van der Waals surface area contributed by atoms with Crippen LogP contribution in [0.2, 0.25) is 0 Å². The monoisotopic (exact) mass is 376 g/mol. The number of carbonyl (C=O) groups is 3. The fourth-order valence-electron chi connectivity index (χ4n) is 3.88. The summed E-state index contributed by atoms with van der Waals surface area (Å²) in [6.07, 6.45) is 8.55. The second-order valence-electron chi connectivity index (χ2n) is 7.85. The fraction of sp³-hybridized carbons (Fsp3) is 0.650. The van der Waals surface area contributed by atoms with E-state index in [0.717, 1.165) is 25.7 Å². The number of rotatable bonds is 6. The summed E-state index contributed by atoms with van der Waals surface area (Å²) in [5.41, 5.74) is -0.696. The van der Waals surface area contributed by atoms with Gasteiger partial charge < -0.3 is 19.8 Å². The Labute approximate surface area is 159 Å². The number of furan rings is 1. The number of carbonyl (C=O) groups excluding carboxylic acids is 3. The SMILES string of the molecule is C[C@H]1OCC(=O)[C@]1(C)NC(=O)C(CC1CCCCC1)NC(=O)c1ccoc1. The largest absolute Gasteiger partial charge is 0.472 e. The molecular formula is C20H28N2O5. The van der Waals surface area contributed by atoms with E-state index in [1.807, 2.05) is 0 Å². The summed E-state index contributed by atoms with van der Waals surface area (Å²) in [4.78, 5) is 37.7. The van der Waals surface area contributed by atoms with Gasteiger partial charge in [-0.15, -0.1) is 0 Å². The highest BCUT2D eigenvalue weighted by molar-refractivity contribution is 6.00. The molecule has 2 aliphatic rings. The summed E-state index contributed by atoms with van der Waals surface area (Å²) >= 11 is 0. The molecule has 1 saturated carbocycles. The maximum Gasteiger partial charge on any atom is 0.255 e. The van der Waals surface area contributed by atoms with Crippen LogP contribution in [-0.2, 0) is 14.3 Å². The normalized spacial score (nSPS) is 27.3. The van der Waals surface area contributed by atoms with Crippen molar-refractivity contribution >= 4 is 17.6 Å². The maximum absolute atomic E-state index is 13.0. The van der Waals surface area contributed by atoms with Crippen LogP contribution in [0.1, 0.15) is 62.7 Å². The third-order valence-electron chi connectivity index (χ3n) is 5.94. The van der Waals surface area contributed by atoms with Gasteiger partial charge in [0.15, 0.2) is 5.78 Å². The number of ketones is 1. The van der Waals surface area contributed by atoms with Gasteiger partial charge in [-0.25, -0.2) is 0 Å². The molecule has 1 aromatic heterocycles. The van der Waals surface area contributed by atoms with E-state index in [-0.39, 0.29) is 24.2 Å². The highest BCUT2D eigenvalue weighted by Crippen LogP contribution is 2.28. The molecule has 2 amide bonds. The minimum absolute atomic E-state index is 0.00732. The fourth-order valence-corrected chi connectivity index (χ4v) is 3.88. The third-order valence-corrected chi connectivity index (χ3v) is 5.94. The third kappa shape index (κ3) is 4.40. The standard InChI is InChI=1S/C20H28N2O5/c1-13-20(2,17(23)12-27-13)22-19(25)16(10-14-6-4-3-5-7-14)21-18(24)15-8-9-26-11-15/h8-9,11,13-14,16H,3-7,10,12H2,1-2H3,(H,21,24)(H,22,25)/t13-,16?,20-/m1/s1. The number of amides is 2. The van der Waals surface area contributed by atoms with Crippen molar-refractivity contribution in [3.63, 3.8) is 0 Å². The molecular weight excluding hydrogens is 348 g/mol. The zero-order chi connectivity index (χ0) is 19.4. The lowest BCUT2D eigenvalue weighted by Crippen LogP contribution is -2.60. The van der Waals surface area contributed by atoms with Crippen molar-refractivity contribution in [1.29, 1.82) is 0 Å². The van der Waals surface area contributed by atoms with Crippen LogP contribution in [0.5, 0.6) is 0 Å². The van der Waals surface area contributed by atoms with Crippen LogP contribution in [0.25, 0.3) is 0 Å². The predicted octanol–water partition coefficient (Wildman–Crippen LogP) is 2.21. The van der Waals surface area contributed by atoms with Gasteiger partial charge in [0.2, 0.25) is 5.91 Å². The molecule has 1 aliphatic carbocycles. The molecule has 2 heterocycles. The lowest BCUT2D eigenvalue weighted by Gasteiger charge is -2.31. The Balaban J connectivity index is 1.72. The second kappa shape index (κ2) is 8.25. The zero-order valence-corrected chi connectivity index (χ0v) is 16.0. The van der Waals surface area contributed by atoms with E-state index < -0.39 is 17.7 Å². The lowest BCUT2D eigenvalue weighted by atomic mass is 9.84. The quantitative estimate of drug-likeness (QED) is 0.793. The van der Waals surface area contributed by atoms with Crippen LogP contribution in [0.4, 0.5) is 0 Å². The summed E-state index contributed by atoms with van der Waals surface area (Å²) in [6, 6.07) is 0.857. The lowest BCUT2D eigenvalue weighted by molar-refractivity contribution is -0.131. The summed E-state index contributed by atoms with van der Waals surface area (Å²) < 4.78 is 10.3. The maximum atomic E-state index is 13.0. The van der Waals surface area contributed by atoms with E-state index >= 15 is 0 Å². The van der Waals surface area contributed by atoms with E-state index in [9.17, 15) is 14.4 Å². The molecule has 148 valence electrons. The van der Waals surface area contributed by atoms with E-state index in [2.05, 4.69) is 10.6 Å². The summed E-state index contributed by atoms with van der Waals surface area (Å²) in [5, 5.41) is 5.67. The second-order valence-corrected chi connectivity index (χ2v) is 7.85. The van der Waals surface area contributed by atoms with Crippen molar-refractivity contribution in [2.24, 2.45) is 5.92 Å². The van der Waals surface area contributed by atoms with E-state index in [1.165, 1.54) is 18.9 Å². The van der Waals surface area contributed by atoms with Gasteiger partial charge in [0.05, 0.1) is 17.9 Å². The van der Waals surface area contributed by atoms with Crippen molar-refractivity contribution in [3.05, 3.63) is 24.2 Å². The van der Waals surface area contributed by atoms with Crippen molar-refractivity contribution < 1.29 is 23.5 Å². The van der Waals surface area contributed by atoms with Gasteiger partial charge in [0, 0.05) is 0 Å². The van der Waals surface area contributed by atoms with Gasteiger partial charge in [-0.3, -0.25) is 14.4 Å². The molecule has 7 heteroatoms. The first-order chi connectivity index (χ1) is 12.9. The minimum Gasteiger partial charge on any atom is -0.472 e. The number of hydrogen-bond acceptors (Lipinski definition) is 5. The van der Waals surface area contributed by atoms with Crippen LogP contribution in [0, 0.1) is 5.92 Å². The number of ether oxygens (including phenoxy) is 1. The van der Waals surface area contributed by atoms with Gasteiger partial charge in [0.1, 0.15) is 24.5 Å². The van der Waals surface area contributed by atoms with Crippen molar-refractivity contribution in [1.82, 2.24) is 10.6 Å². The Hall–Kier alpha value is -2.15. The molecule has 1 unspecified atom stereocenters. The number of hydrogen-bond donors (Lipinski definition) is 2. The summed E-state index contributed by atoms with van der Waals surface area (Å²) in [6.45, 7) is 3.44. The van der Waals surface area contributed by atoms with E-state index in [1.54, 1.807) is 19.9 Å². The van der Waals surface area contributed by atoms with E-state index in [0.29, 0.717) is 17.9 Å². The molecule has 3 rings (SSSR count). The molecule has 0 bridgehead atoms. The molecule has 7 nitrogen and oxygen atoms in total. The molecule has 1 aliphatic heterocycles. The number of nitrogens with one attached hydrogen (secondary N) is 2. The Morgan fingerprint density at radius 3 is 2.63 bits per heavy atom. The average Bonchev–Trinajstić information content (AvgIpc) is 3.27. The molecule has 2 fully saturated rings. The Morgan fingerprint density at radius 2 is 2.04 bits per heavy atom. The molecule has 3 atom stereocenters. The first kappa shape index (κ1) is 19.6. The van der Waals surface area contributed by atoms with Gasteiger partial charge in [-0.2, -0.15) is 0 Å². The van der Waals surface area contributed by atoms with Gasteiger partial charge in [-0.05, 0) is 32.3 Å². The van der Waals surface area contributed by atoms with Crippen LogP contribution in [0.15, 0.2) is 23.0 Å². The van der Waals surface area contributed by atoms with Crippen LogP contribution < -0.4 is 10.6 Å². The molecule has 0 radical (unpaired) electrons. The first-order valence-electron chi connectivity index (χ1n) is 9.70. The van der Waals surface area contributed by atoms with Gasteiger partial charge >= 0.3 is 0 Å². The summed E-state index contributed by atoms with van der Waals surface area (Å²) in [7, 11) is 0. The molecule has 0 aromatic carbocycles. The van der Waals surface area contributed by atoms with Gasteiger partial charge in [0.25, 0.3) is 5.91 Å². The Morgan fingerprint density at radius 1 is 1.30 bits per heavy atom. The molecule has 27 heavy (non-hydrogen) atoms.